The van der Waals surface area contributed by atoms with Gasteiger partial charge in [-0.3, -0.25) is 0 Å². The summed E-state index contributed by atoms with van der Waals surface area (Å²) in [6.07, 6.45) is 4.52. The van der Waals surface area contributed by atoms with E-state index in [4.69, 9.17) is 28.4 Å². The standard InChI is InChI=1S/C19H30O7/c1-6-9-14(26-18(20)8-3)10-15-11-17(23-12-21-4)19(24-13-22-5)16(7-2)25-15/h6-8,14-17,19H,1-3,9-13H2,4-5H3/t14-,15-,16-,17-,19-/m1/s1. The van der Waals surface area contributed by atoms with Crippen molar-refractivity contribution in [2.24, 2.45) is 0 Å². The van der Waals surface area contributed by atoms with Crippen LogP contribution in [0.1, 0.15) is 19.3 Å². The number of ether oxygens (including phenoxy) is 6. The maximum atomic E-state index is 11.5. The van der Waals surface area contributed by atoms with Crippen LogP contribution in [0.2, 0.25) is 0 Å². The fourth-order valence-corrected chi connectivity index (χ4v) is 2.85. The van der Waals surface area contributed by atoms with Crippen molar-refractivity contribution in [3.05, 3.63) is 38.0 Å². The zero-order valence-electron chi connectivity index (χ0n) is 15.6. The van der Waals surface area contributed by atoms with Gasteiger partial charge in [0.25, 0.3) is 0 Å². The van der Waals surface area contributed by atoms with Crippen molar-refractivity contribution in [2.45, 2.75) is 49.8 Å². The highest BCUT2D eigenvalue weighted by Gasteiger charge is 2.40. The fraction of sp³-hybridized carbons (Fsp3) is 0.632. The molecule has 0 aromatic heterocycles. The molecule has 148 valence electrons. The number of esters is 1. The van der Waals surface area contributed by atoms with Crippen molar-refractivity contribution in [3.8, 4) is 0 Å². The van der Waals surface area contributed by atoms with Crippen LogP contribution in [0.15, 0.2) is 38.0 Å². The van der Waals surface area contributed by atoms with Gasteiger partial charge in [-0.05, 0) is 0 Å². The Labute approximate surface area is 155 Å². The number of rotatable bonds is 13. The molecule has 1 aliphatic rings. The molecule has 0 aromatic rings. The summed E-state index contributed by atoms with van der Waals surface area (Å²) in [6, 6.07) is 0. The topological polar surface area (TPSA) is 72.5 Å². The van der Waals surface area contributed by atoms with Crippen molar-refractivity contribution in [1.29, 1.82) is 0 Å². The highest BCUT2D eigenvalue weighted by Crippen LogP contribution is 2.29. The van der Waals surface area contributed by atoms with E-state index < -0.39 is 5.97 Å². The Balaban J connectivity index is 2.81. The predicted octanol–water partition coefficient (Wildman–Crippen LogP) is 2.37. The first-order chi connectivity index (χ1) is 12.6. The molecule has 0 N–H and O–H groups in total. The molecule has 0 amide bonds. The van der Waals surface area contributed by atoms with Crippen LogP contribution in [-0.2, 0) is 33.2 Å². The third-order valence-electron chi connectivity index (χ3n) is 3.95. The summed E-state index contributed by atoms with van der Waals surface area (Å²) in [4.78, 5) is 11.5. The molecular formula is C19H30O7. The third kappa shape index (κ3) is 7.39. The van der Waals surface area contributed by atoms with E-state index in [1.807, 2.05) is 0 Å². The zero-order valence-corrected chi connectivity index (χ0v) is 15.6. The van der Waals surface area contributed by atoms with Gasteiger partial charge in [-0.1, -0.05) is 18.7 Å². The lowest BCUT2D eigenvalue weighted by Crippen LogP contribution is -2.51. The van der Waals surface area contributed by atoms with E-state index in [9.17, 15) is 4.79 Å². The van der Waals surface area contributed by atoms with Crippen molar-refractivity contribution >= 4 is 5.97 Å². The third-order valence-corrected chi connectivity index (χ3v) is 3.95. The Morgan fingerprint density at radius 2 is 1.88 bits per heavy atom. The largest absolute Gasteiger partial charge is 0.459 e. The van der Waals surface area contributed by atoms with Crippen LogP contribution in [0.25, 0.3) is 0 Å². The van der Waals surface area contributed by atoms with Crippen molar-refractivity contribution < 1.29 is 33.2 Å². The molecule has 0 saturated carbocycles. The van der Waals surface area contributed by atoms with Gasteiger partial charge < -0.3 is 28.4 Å². The maximum Gasteiger partial charge on any atom is 0.330 e. The predicted molar refractivity (Wildman–Crippen MR) is 96.5 cm³/mol. The number of carbonyl (C=O) groups excluding carboxylic acids is 1. The van der Waals surface area contributed by atoms with Crippen molar-refractivity contribution in [1.82, 2.24) is 0 Å². The van der Waals surface area contributed by atoms with Crippen LogP contribution < -0.4 is 0 Å². The minimum Gasteiger partial charge on any atom is -0.459 e. The normalized spacial score (nSPS) is 26.7. The first kappa shape index (κ1) is 22.5. The van der Waals surface area contributed by atoms with E-state index >= 15 is 0 Å². The van der Waals surface area contributed by atoms with Gasteiger partial charge in [-0.15, -0.1) is 13.2 Å². The van der Waals surface area contributed by atoms with Gasteiger partial charge in [0.2, 0.25) is 0 Å². The van der Waals surface area contributed by atoms with E-state index in [2.05, 4.69) is 19.7 Å². The Kier molecular flexibility index (Phi) is 11.1. The minimum absolute atomic E-state index is 0.117. The quantitative estimate of drug-likeness (QED) is 0.213. The lowest BCUT2D eigenvalue weighted by atomic mass is 9.93. The average Bonchev–Trinajstić information content (AvgIpc) is 2.64. The maximum absolute atomic E-state index is 11.5. The Morgan fingerprint density at radius 1 is 1.19 bits per heavy atom. The van der Waals surface area contributed by atoms with E-state index in [-0.39, 0.29) is 44.1 Å². The van der Waals surface area contributed by atoms with E-state index in [0.717, 1.165) is 6.08 Å². The highest BCUT2D eigenvalue weighted by atomic mass is 16.7. The lowest BCUT2D eigenvalue weighted by molar-refractivity contribution is -0.229. The van der Waals surface area contributed by atoms with E-state index in [1.54, 1.807) is 26.4 Å². The zero-order chi connectivity index (χ0) is 19.4. The summed E-state index contributed by atoms with van der Waals surface area (Å²) in [5.74, 6) is -0.471. The molecule has 5 atom stereocenters. The fourth-order valence-electron chi connectivity index (χ4n) is 2.85. The summed E-state index contributed by atoms with van der Waals surface area (Å²) in [7, 11) is 3.11. The van der Waals surface area contributed by atoms with Crippen LogP contribution in [-0.4, -0.2) is 64.3 Å². The van der Waals surface area contributed by atoms with E-state index in [1.165, 1.54) is 0 Å². The van der Waals surface area contributed by atoms with Gasteiger partial charge in [0.15, 0.2) is 0 Å². The SMILES string of the molecule is C=CC[C@H](C[C@@H]1C[C@@H](OCOC)[C@H](OCOC)[C@@H](C=C)O1)OC(=O)C=C. The molecule has 0 aliphatic carbocycles. The lowest BCUT2D eigenvalue weighted by Gasteiger charge is -2.41. The van der Waals surface area contributed by atoms with Crippen LogP contribution in [0.4, 0.5) is 0 Å². The molecular weight excluding hydrogens is 340 g/mol. The summed E-state index contributed by atoms with van der Waals surface area (Å²) < 4.78 is 32.9. The summed E-state index contributed by atoms with van der Waals surface area (Å²) >= 11 is 0. The highest BCUT2D eigenvalue weighted by molar-refractivity contribution is 5.81. The van der Waals surface area contributed by atoms with Gasteiger partial charge >= 0.3 is 5.97 Å². The first-order valence-corrected chi connectivity index (χ1v) is 8.52. The van der Waals surface area contributed by atoms with Gasteiger partial charge in [-0.2, -0.15) is 0 Å². The average molecular weight is 370 g/mol. The van der Waals surface area contributed by atoms with Gasteiger partial charge in [0, 0.05) is 39.6 Å². The summed E-state index contributed by atoms with van der Waals surface area (Å²) in [6.45, 7) is 11.2. The molecule has 1 fully saturated rings. The van der Waals surface area contributed by atoms with Crippen LogP contribution in [0, 0.1) is 0 Å². The molecule has 7 heteroatoms. The van der Waals surface area contributed by atoms with Crippen LogP contribution >= 0.6 is 0 Å². The van der Waals surface area contributed by atoms with Crippen LogP contribution in [0.3, 0.4) is 0 Å². The number of methoxy groups -OCH3 is 2. The molecule has 0 unspecified atom stereocenters. The molecule has 0 aromatic carbocycles. The molecule has 7 nitrogen and oxygen atoms in total. The Bertz CT molecular complexity index is 451. The molecule has 1 heterocycles. The number of carbonyl (C=O) groups is 1. The van der Waals surface area contributed by atoms with Gasteiger partial charge in [-0.25, -0.2) is 4.79 Å². The van der Waals surface area contributed by atoms with Crippen molar-refractivity contribution in [2.75, 3.05) is 27.8 Å². The Hall–Kier alpha value is -1.51. The van der Waals surface area contributed by atoms with E-state index in [0.29, 0.717) is 19.3 Å². The Morgan fingerprint density at radius 3 is 2.46 bits per heavy atom. The first-order valence-electron chi connectivity index (χ1n) is 8.52. The number of hydrogen-bond donors (Lipinski definition) is 0. The minimum atomic E-state index is -0.471. The summed E-state index contributed by atoms with van der Waals surface area (Å²) in [5.41, 5.74) is 0. The second kappa shape index (κ2) is 12.8. The number of hydrogen-bond acceptors (Lipinski definition) is 7. The van der Waals surface area contributed by atoms with Gasteiger partial charge in [0.1, 0.15) is 31.9 Å². The van der Waals surface area contributed by atoms with Crippen LogP contribution in [0.5, 0.6) is 0 Å². The van der Waals surface area contributed by atoms with Crippen molar-refractivity contribution in [3.63, 3.8) is 0 Å². The molecule has 1 saturated heterocycles. The summed E-state index contributed by atoms with van der Waals surface area (Å²) in [5, 5.41) is 0. The van der Waals surface area contributed by atoms with Gasteiger partial charge in [0.05, 0.1) is 12.2 Å². The second-order valence-corrected chi connectivity index (χ2v) is 5.87. The smallest absolute Gasteiger partial charge is 0.330 e. The molecule has 0 bridgehead atoms. The molecule has 0 spiro atoms. The molecule has 1 rings (SSSR count). The molecule has 1 aliphatic heterocycles. The second-order valence-electron chi connectivity index (χ2n) is 5.87. The molecule has 26 heavy (non-hydrogen) atoms. The monoisotopic (exact) mass is 370 g/mol. The molecule has 0 radical (unpaired) electrons.